The van der Waals surface area contributed by atoms with E-state index in [4.69, 9.17) is 0 Å². The summed E-state index contributed by atoms with van der Waals surface area (Å²) in [6.45, 7) is 1.99. The molecule has 0 radical (unpaired) electrons. The topological polar surface area (TPSA) is 46.9 Å². The molecule has 5 heteroatoms. The molecular weight excluding hydrogens is 306 g/mol. The van der Waals surface area contributed by atoms with Gasteiger partial charge in [0, 0.05) is 18.6 Å². The predicted molar refractivity (Wildman–Crippen MR) is 78.3 cm³/mol. The summed E-state index contributed by atoms with van der Waals surface area (Å²) in [5.41, 5.74) is 1.15. The summed E-state index contributed by atoms with van der Waals surface area (Å²) in [6, 6.07) is 11.6. The Morgan fingerprint density at radius 1 is 1.37 bits per heavy atom. The number of alkyl halides is 1. The first kappa shape index (κ1) is 13.8. The summed E-state index contributed by atoms with van der Waals surface area (Å²) >= 11 is 3.48. The third-order valence-electron chi connectivity index (χ3n) is 3.12. The van der Waals surface area contributed by atoms with Crippen LogP contribution in [0.15, 0.2) is 42.6 Å². The highest BCUT2D eigenvalue weighted by atomic mass is 79.9. The average molecular weight is 322 g/mol. The maximum absolute atomic E-state index is 12.3. The number of aromatic nitrogens is 2. The van der Waals surface area contributed by atoms with Gasteiger partial charge in [-0.2, -0.15) is 5.10 Å². The average Bonchev–Trinajstić information content (AvgIpc) is 2.86. The molecule has 1 aromatic heterocycles. The Bertz CT molecular complexity index is 567. The van der Waals surface area contributed by atoms with Crippen molar-refractivity contribution >= 4 is 21.8 Å². The van der Waals surface area contributed by atoms with E-state index in [1.54, 1.807) is 24.0 Å². The summed E-state index contributed by atoms with van der Waals surface area (Å²) in [5.74, 6) is -0.134. The lowest BCUT2D eigenvalue weighted by molar-refractivity contribution is 0.0904. The molecule has 2 rings (SSSR count). The molecule has 2 aromatic rings. The summed E-state index contributed by atoms with van der Waals surface area (Å²) in [7, 11) is 1.75. The van der Waals surface area contributed by atoms with Gasteiger partial charge in [-0.1, -0.05) is 46.3 Å². The molecule has 0 aliphatic rings. The van der Waals surface area contributed by atoms with E-state index in [1.807, 2.05) is 37.3 Å². The highest BCUT2D eigenvalue weighted by Crippen LogP contribution is 2.23. The molecule has 0 aliphatic carbocycles. The molecular formula is C14H16BrN3O. The Kier molecular flexibility index (Phi) is 4.04. The smallest absolute Gasteiger partial charge is 0.270 e. The Balaban J connectivity index is 2.25. The number of hydrogen-bond donors (Lipinski definition) is 1. The molecule has 0 fully saturated rings. The Labute approximate surface area is 120 Å². The lowest BCUT2D eigenvalue weighted by atomic mass is 9.94. The molecule has 0 aliphatic heterocycles. The van der Waals surface area contributed by atoms with Gasteiger partial charge in [-0.15, -0.1) is 0 Å². The zero-order chi connectivity index (χ0) is 13.9. The maximum Gasteiger partial charge on any atom is 0.270 e. The van der Waals surface area contributed by atoms with E-state index in [9.17, 15) is 4.79 Å². The largest absolute Gasteiger partial charge is 0.341 e. The van der Waals surface area contributed by atoms with Crippen LogP contribution < -0.4 is 5.32 Å². The molecule has 1 N–H and O–H groups in total. The van der Waals surface area contributed by atoms with E-state index in [0.717, 1.165) is 5.56 Å². The van der Waals surface area contributed by atoms with Gasteiger partial charge < -0.3 is 5.32 Å². The zero-order valence-corrected chi connectivity index (χ0v) is 12.5. The summed E-state index contributed by atoms with van der Waals surface area (Å²) in [5, 5.41) is 7.70. The maximum atomic E-state index is 12.3. The minimum Gasteiger partial charge on any atom is -0.341 e. The van der Waals surface area contributed by atoms with E-state index < -0.39 is 5.54 Å². The molecule has 1 aromatic carbocycles. The van der Waals surface area contributed by atoms with E-state index >= 15 is 0 Å². The van der Waals surface area contributed by atoms with Crippen LogP contribution in [-0.4, -0.2) is 21.0 Å². The number of aryl methyl sites for hydroxylation is 1. The van der Waals surface area contributed by atoms with Gasteiger partial charge >= 0.3 is 0 Å². The second kappa shape index (κ2) is 5.57. The number of nitrogens with zero attached hydrogens (tertiary/aromatic N) is 2. The first-order valence-corrected chi connectivity index (χ1v) is 7.11. The fourth-order valence-electron chi connectivity index (χ4n) is 1.90. The van der Waals surface area contributed by atoms with Crippen LogP contribution in [0.1, 0.15) is 23.0 Å². The van der Waals surface area contributed by atoms with Crippen molar-refractivity contribution in [1.82, 2.24) is 15.1 Å². The molecule has 0 saturated heterocycles. The van der Waals surface area contributed by atoms with Crippen molar-refractivity contribution in [2.75, 3.05) is 5.33 Å². The molecule has 4 nitrogen and oxygen atoms in total. The van der Waals surface area contributed by atoms with Gasteiger partial charge in [0.2, 0.25) is 0 Å². The Morgan fingerprint density at radius 3 is 2.58 bits per heavy atom. The minimum absolute atomic E-state index is 0.134. The summed E-state index contributed by atoms with van der Waals surface area (Å²) < 4.78 is 1.56. The quantitative estimate of drug-likeness (QED) is 0.879. The lowest BCUT2D eigenvalue weighted by Crippen LogP contribution is -2.45. The Morgan fingerprint density at radius 2 is 2.05 bits per heavy atom. The summed E-state index contributed by atoms with van der Waals surface area (Å²) in [6.07, 6.45) is 1.61. The van der Waals surface area contributed by atoms with Crippen molar-refractivity contribution in [3.05, 3.63) is 53.9 Å². The van der Waals surface area contributed by atoms with Gasteiger partial charge in [0.25, 0.3) is 5.91 Å². The molecule has 1 heterocycles. The van der Waals surface area contributed by atoms with E-state index in [0.29, 0.717) is 11.0 Å². The fourth-order valence-corrected chi connectivity index (χ4v) is 2.36. The number of rotatable bonds is 4. The molecule has 1 unspecified atom stereocenters. The van der Waals surface area contributed by atoms with Crippen LogP contribution in [0, 0.1) is 0 Å². The number of carbonyl (C=O) groups excluding carboxylic acids is 1. The second-order valence-corrected chi connectivity index (χ2v) is 5.19. The Hall–Kier alpha value is -1.62. The van der Waals surface area contributed by atoms with Gasteiger partial charge in [-0.3, -0.25) is 9.48 Å². The van der Waals surface area contributed by atoms with Crippen molar-refractivity contribution in [1.29, 1.82) is 0 Å². The monoisotopic (exact) mass is 321 g/mol. The van der Waals surface area contributed by atoms with Crippen LogP contribution in [0.3, 0.4) is 0 Å². The number of halogens is 1. The van der Waals surface area contributed by atoms with Crippen LogP contribution in [0.4, 0.5) is 0 Å². The van der Waals surface area contributed by atoms with Crippen LogP contribution in [0.2, 0.25) is 0 Å². The van der Waals surface area contributed by atoms with Crippen LogP contribution in [0.5, 0.6) is 0 Å². The SMILES string of the molecule is Cn1nccc1C(=O)NC(C)(CBr)c1ccccc1. The number of benzene rings is 1. The van der Waals surface area contributed by atoms with Crippen LogP contribution >= 0.6 is 15.9 Å². The normalized spacial score (nSPS) is 13.8. The lowest BCUT2D eigenvalue weighted by Gasteiger charge is -2.29. The number of hydrogen-bond acceptors (Lipinski definition) is 2. The predicted octanol–water partition coefficient (Wildman–Crippen LogP) is 2.46. The third-order valence-corrected chi connectivity index (χ3v) is 4.24. The zero-order valence-electron chi connectivity index (χ0n) is 10.9. The van der Waals surface area contributed by atoms with E-state index in [2.05, 4.69) is 26.3 Å². The minimum atomic E-state index is -0.456. The third kappa shape index (κ3) is 2.87. The molecule has 19 heavy (non-hydrogen) atoms. The van der Waals surface area contributed by atoms with Gasteiger partial charge in [-0.05, 0) is 18.6 Å². The van der Waals surface area contributed by atoms with Gasteiger partial charge in [-0.25, -0.2) is 0 Å². The van der Waals surface area contributed by atoms with Crippen LogP contribution in [-0.2, 0) is 12.6 Å². The van der Waals surface area contributed by atoms with Gasteiger partial charge in [0.05, 0.1) is 5.54 Å². The van der Waals surface area contributed by atoms with Crippen molar-refractivity contribution in [2.45, 2.75) is 12.5 Å². The molecule has 0 saturated carbocycles. The van der Waals surface area contributed by atoms with E-state index in [-0.39, 0.29) is 5.91 Å². The van der Waals surface area contributed by atoms with Gasteiger partial charge in [0.1, 0.15) is 5.69 Å². The highest BCUT2D eigenvalue weighted by molar-refractivity contribution is 9.09. The van der Waals surface area contributed by atoms with Crippen molar-refractivity contribution in [2.24, 2.45) is 7.05 Å². The first-order chi connectivity index (χ1) is 9.07. The number of amides is 1. The molecule has 0 spiro atoms. The number of carbonyl (C=O) groups is 1. The number of nitrogens with one attached hydrogen (secondary N) is 1. The molecule has 100 valence electrons. The fraction of sp³-hybridized carbons (Fsp3) is 0.286. The van der Waals surface area contributed by atoms with Crippen LogP contribution in [0.25, 0.3) is 0 Å². The van der Waals surface area contributed by atoms with Crippen molar-refractivity contribution < 1.29 is 4.79 Å². The molecule has 1 amide bonds. The van der Waals surface area contributed by atoms with E-state index in [1.165, 1.54) is 0 Å². The van der Waals surface area contributed by atoms with Crippen molar-refractivity contribution in [3.63, 3.8) is 0 Å². The van der Waals surface area contributed by atoms with Gasteiger partial charge in [0.15, 0.2) is 0 Å². The van der Waals surface area contributed by atoms with Crippen molar-refractivity contribution in [3.8, 4) is 0 Å². The second-order valence-electron chi connectivity index (χ2n) is 4.63. The summed E-state index contributed by atoms with van der Waals surface area (Å²) in [4.78, 5) is 12.3. The first-order valence-electron chi connectivity index (χ1n) is 5.99. The highest BCUT2D eigenvalue weighted by Gasteiger charge is 2.28. The molecule has 0 bridgehead atoms. The molecule has 1 atom stereocenters. The standard InChI is InChI=1S/C14H16BrN3O/c1-14(10-15,11-6-4-3-5-7-11)17-13(19)12-8-9-16-18(12)2/h3-9H,10H2,1-2H3,(H,17,19).